The number of hydrogen-bond donors (Lipinski definition) is 1. The number of methoxy groups -OCH3 is 1. The van der Waals surface area contributed by atoms with Gasteiger partial charge < -0.3 is 15.0 Å². The molecule has 8 nitrogen and oxygen atoms in total. The molecule has 41 heavy (non-hydrogen) atoms. The summed E-state index contributed by atoms with van der Waals surface area (Å²) in [6, 6.07) is 16.5. The monoisotopic (exact) mass is 557 g/mol. The van der Waals surface area contributed by atoms with Gasteiger partial charge in [-0.3, -0.25) is 24.1 Å². The molecule has 2 aromatic carbocycles. The number of imide groups is 1. The average Bonchev–Trinajstić information content (AvgIpc) is 3.60. The van der Waals surface area contributed by atoms with E-state index in [2.05, 4.69) is 5.32 Å². The number of carbonyl (C=O) groups is 4. The zero-order valence-corrected chi connectivity index (χ0v) is 23.7. The number of amides is 4. The second-order valence-corrected chi connectivity index (χ2v) is 11.3. The highest BCUT2D eigenvalue weighted by molar-refractivity contribution is 6.05. The van der Waals surface area contributed by atoms with Gasteiger partial charge in [0.2, 0.25) is 23.6 Å². The maximum absolute atomic E-state index is 14.0. The van der Waals surface area contributed by atoms with Gasteiger partial charge in [0, 0.05) is 32.0 Å². The van der Waals surface area contributed by atoms with Crippen LogP contribution in [0.15, 0.2) is 66.7 Å². The molecule has 1 saturated carbocycles. The van der Waals surface area contributed by atoms with Crippen LogP contribution in [-0.2, 0) is 32.1 Å². The van der Waals surface area contributed by atoms with Crippen LogP contribution in [0.5, 0.6) is 5.75 Å². The second kappa shape index (κ2) is 13.1. The zero-order chi connectivity index (χ0) is 28.8. The number of allylic oxidation sites excluding steroid dienone is 2. The van der Waals surface area contributed by atoms with E-state index in [1.165, 1.54) is 4.90 Å². The Kier molecular flexibility index (Phi) is 9.17. The van der Waals surface area contributed by atoms with Crippen LogP contribution in [0.4, 0.5) is 0 Å². The Morgan fingerprint density at radius 1 is 0.951 bits per heavy atom. The number of rotatable bonds is 11. The third-order valence-corrected chi connectivity index (χ3v) is 8.61. The predicted molar refractivity (Wildman–Crippen MR) is 155 cm³/mol. The summed E-state index contributed by atoms with van der Waals surface area (Å²) in [5.41, 5.74) is 1.78. The van der Waals surface area contributed by atoms with Crippen molar-refractivity contribution in [2.45, 2.75) is 70.0 Å². The molecule has 0 spiro atoms. The minimum atomic E-state index is -0.756. The van der Waals surface area contributed by atoms with Crippen molar-refractivity contribution in [2.24, 2.45) is 11.8 Å². The molecule has 1 N–H and O–H groups in total. The van der Waals surface area contributed by atoms with Gasteiger partial charge in [-0.25, -0.2) is 0 Å². The van der Waals surface area contributed by atoms with E-state index in [9.17, 15) is 19.2 Å². The van der Waals surface area contributed by atoms with E-state index in [0.717, 1.165) is 36.8 Å². The first kappa shape index (κ1) is 28.6. The first-order valence-electron chi connectivity index (χ1n) is 14.7. The molecular formula is C33H39N3O5. The summed E-state index contributed by atoms with van der Waals surface area (Å²) < 4.78 is 5.40. The van der Waals surface area contributed by atoms with Crippen molar-refractivity contribution in [1.82, 2.24) is 15.1 Å². The number of hydrogen-bond acceptors (Lipinski definition) is 5. The Morgan fingerprint density at radius 3 is 2.27 bits per heavy atom. The molecule has 8 heteroatoms. The highest BCUT2D eigenvalue weighted by atomic mass is 16.5. The third kappa shape index (κ3) is 6.69. The average molecular weight is 558 g/mol. The molecule has 0 bridgehead atoms. The summed E-state index contributed by atoms with van der Waals surface area (Å²) in [5.74, 6) is -0.856. The fraction of sp³-hybridized carbons (Fsp3) is 0.455. The molecule has 1 saturated heterocycles. The third-order valence-electron chi connectivity index (χ3n) is 8.61. The Morgan fingerprint density at radius 2 is 1.61 bits per heavy atom. The maximum Gasteiger partial charge on any atom is 0.243 e. The number of carbonyl (C=O) groups excluding carboxylic acids is 4. The fourth-order valence-electron chi connectivity index (χ4n) is 6.33. The van der Waals surface area contributed by atoms with E-state index < -0.39 is 6.04 Å². The molecule has 1 heterocycles. The summed E-state index contributed by atoms with van der Waals surface area (Å²) in [5, 5.41) is 3.20. The molecule has 2 aromatic rings. The van der Waals surface area contributed by atoms with Crippen LogP contribution in [0, 0.1) is 11.8 Å². The van der Waals surface area contributed by atoms with E-state index in [0.29, 0.717) is 25.0 Å². The van der Waals surface area contributed by atoms with Gasteiger partial charge in [0.25, 0.3) is 0 Å². The first-order valence-corrected chi connectivity index (χ1v) is 14.7. The van der Waals surface area contributed by atoms with Crippen LogP contribution in [-0.4, -0.2) is 59.2 Å². The summed E-state index contributed by atoms with van der Waals surface area (Å²) >= 11 is 0. The minimum absolute atomic E-state index is 0.0143. The van der Waals surface area contributed by atoms with Crippen LogP contribution in [0.3, 0.4) is 0 Å². The van der Waals surface area contributed by atoms with Crippen LogP contribution in [0.25, 0.3) is 0 Å². The lowest BCUT2D eigenvalue weighted by Crippen LogP contribution is -2.52. The summed E-state index contributed by atoms with van der Waals surface area (Å²) in [6.45, 7) is 0.211. The number of nitrogens with one attached hydrogen (secondary N) is 1. The van der Waals surface area contributed by atoms with Crippen LogP contribution in [0.2, 0.25) is 0 Å². The first-order chi connectivity index (χ1) is 19.9. The lowest BCUT2D eigenvalue weighted by Gasteiger charge is -2.33. The quantitative estimate of drug-likeness (QED) is 0.332. The molecule has 3 aliphatic rings. The highest BCUT2D eigenvalue weighted by Gasteiger charge is 2.47. The van der Waals surface area contributed by atoms with Crippen molar-refractivity contribution < 1.29 is 23.9 Å². The van der Waals surface area contributed by atoms with Crippen molar-refractivity contribution in [3.05, 3.63) is 77.9 Å². The Labute approximate surface area is 241 Å². The van der Waals surface area contributed by atoms with Gasteiger partial charge in [0.1, 0.15) is 11.8 Å². The number of likely N-dealkylation sites (tertiary alicyclic amines) is 1. The van der Waals surface area contributed by atoms with E-state index in [1.54, 1.807) is 12.0 Å². The second-order valence-electron chi connectivity index (χ2n) is 11.3. The molecule has 0 aromatic heterocycles. The normalized spacial score (nSPS) is 21.0. The van der Waals surface area contributed by atoms with Crippen LogP contribution in [0.1, 0.15) is 56.1 Å². The van der Waals surface area contributed by atoms with Gasteiger partial charge >= 0.3 is 0 Å². The Bertz CT molecular complexity index is 1260. The largest absolute Gasteiger partial charge is 0.497 e. The summed E-state index contributed by atoms with van der Waals surface area (Å²) in [4.78, 5) is 56.8. The molecule has 4 amide bonds. The van der Waals surface area contributed by atoms with Crippen molar-refractivity contribution in [3.8, 4) is 5.75 Å². The number of benzene rings is 2. The molecule has 5 rings (SSSR count). The smallest absolute Gasteiger partial charge is 0.243 e. The van der Waals surface area contributed by atoms with Gasteiger partial charge in [-0.1, -0.05) is 67.5 Å². The number of fused-ring (bicyclic) bond motifs is 1. The predicted octanol–water partition coefficient (Wildman–Crippen LogP) is 4.04. The standard InChI is InChI=1S/C33H39N3O5/c1-41-26-15-9-12-24(20-26)22-36(30(37)18-19-35-32(39)27-16-7-8-17-28(27)33(35)40)29(21-23-10-3-2-4-11-23)31(38)34-25-13-5-6-14-25/h2-4,7-12,15,20,25,27-29H,5-6,13-14,16-19,21-22H2,1H3,(H,34,38)/t27-,28+,29?. The topological polar surface area (TPSA) is 96.0 Å². The minimum Gasteiger partial charge on any atom is -0.497 e. The molecule has 1 unspecified atom stereocenters. The summed E-state index contributed by atoms with van der Waals surface area (Å²) in [7, 11) is 1.59. The lowest BCUT2D eigenvalue weighted by atomic mass is 9.85. The van der Waals surface area contributed by atoms with E-state index in [1.807, 2.05) is 66.7 Å². The molecule has 216 valence electrons. The fourth-order valence-corrected chi connectivity index (χ4v) is 6.33. The van der Waals surface area contributed by atoms with Gasteiger partial charge in [-0.05, 0) is 48.9 Å². The van der Waals surface area contributed by atoms with Crippen LogP contribution >= 0.6 is 0 Å². The van der Waals surface area contributed by atoms with Gasteiger partial charge in [-0.2, -0.15) is 0 Å². The summed E-state index contributed by atoms with van der Waals surface area (Å²) in [6.07, 6.45) is 9.36. The van der Waals surface area contributed by atoms with Gasteiger partial charge in [0.05, 0.1) is 18.9 Å². The number of nitrogens with zero attached hydrogens (tertiary/aromatic N) is 2. The molecular weight excluding hydrogens is 518 g/mol. The SMILES string of the molecule is COc1cccc(CN(C(=O)CCN2C(=O)[C@H]3CC=CC[C@H]3C2=O)C(Cc2ccccc2)C(=O)NC2CCCC2)c1. The Hall–Kier alpha value is -3.94. The van der Waals surface area contributed by atoms with E-state index in [-0.39, 0.29) is 61.0 Å². The van der Waals surface area contributed by atoms with Gasteiger partial charge in [-0.15, -0.1) is 0 Å². The zero-order valence-electron chi connectivity index (χ0n) is 23.7. The van der Waals surface area contributed by atoms with Crippen molar-refractivity contribution in [2.75, 3.05) is 13.7 Å². The van der Waals surface area contributed by atoms with E-state index >= 15 is 0 Å². The highest BCUT2D eigenvalue weighted by Crippen LogP contribution is 2.35. The molecule has 2 aliphatic carbocycles. The van der Waals surface area contributed by atoms with Gasteiger partial charge in [0.15, 0.2) is 0 Å². The molecule has 3 atom stereocenters. The maximum atomic E-state index is 14.0. The van der Waals surface area contributed by atoms with E-state index in [4.69, 9.17) is 4.74 Å². The molecule has 2 fully saturated rings. The van der Waals surface area contributed by atoms with Crippen LogP contribution < -0.4 is 10.1 Å². The van der Waals surface area contributed by atoms with Crippen molar-refractivity contribution in [1.29, 1.82) is 0 Å². The molecule has 0 radical (unpaired) electrons. The molecule has 1 aliphatic heterocycles. The van der Waals surface area contributed by atoms with Crippen molar-refractivity contribution in [3.63, 3.8) is 0 Å². The van der Waals surface area contributed by atoms with Crippen molar-refractivity contribution >= 4 is 23.6 Å². The number of ether oxygens (including phenoxy) is 1. The lowest BCUT2D eigenvalue weighted by molar-refractivity contribution is -0.144. The Balaban J connectivity index is 1.40.